The summed E-state index contributed by atoms with van der Waals surface area (Å²) in [4.78, 5) is 23.8. The molecule has 7 heteroatoms. The van der Waals surface area contributed by atoms with Gasteiger partial charge >= 0.3 is 0 Å². The highest BCUT2D eigenvalue weighted by atomic mass is 35.5. The topological polar surface area (TPSA) is 107 Å². The monoisotopic (exact) mass is 331 g/mol. The van der Waals surface area contributed by atoms with Gasteiger partial charge in [-0.25, -0.2) is 0 Å². The van der Waals surface area contributed by atoms with E-state index in [1.165, 1.54) is 24.3 Å². The van der Waals surface area contributed by atoms with Crippen molar-refractivity contribution in [2.24, 2.45) is 0 Å². The minimum absolute atomic E-state index is 0.0464. The van der Waals surface area contributed by atoms with Crippen molar-refractivity contribution in [3.8, 4) is 17.2 Å². The first-order valence-corrected chi connectivity index (χ1v) is 6.88. The number of aromatic hydroxyl groups is 3. The Kier molecular flexibility index (Phi) is 3.46. The zero-order valence-electron chi connectivity index (χ0n) is 11.5. The molecule has 116 valence electrons. The SMILES string of the molecule is O=C1C=CC(=O)c2c(O)c(Nc3ccc(O)cc3)c(Cl)c(O)c21. The van der Waals surface area contributed by atoms with E-state index < -0.39 is 23.1 Å². The standard InChI is InChI=1S/C16H10ClNO5/c17-13-14(18-7-1-3-8(19)4-2-7)16(23)12-10(21)6-5-9(20)11(12)15(13)22/h1-6,18-19,22-23H. The highest BCUT2D eigenvalue weighted by Crippen LogP contribution is 2.47. The van der Waals surface area contributed by atoms with Crippen LogP contribution in [0.2, 0.25) is 5.02 Å². The molecule has 0 bridgehead atoms. The molecule has 0 heterocycles. The fraction of sp³-hybridized carbons (Fsp3) is 0. The normalized spacial score (nSPS) is 13.1. The van der Waals surface area contributed by atoms with E-state index >= 15 is 0 Å². The number of phenolic OH excluding ortho intramolecular Hbond substituents is 3. The second kappa shape index (κ2) is 5.33. The largest absolute Gasteiger partial charge is 0.508 e. The summed E-state index contributed by atoms with van der Waals surface area (Å²) in [6.45, 7) is 0. The maximum Gasteiger partial charge on any atom is 0.190 e. The van der Waals surface area contributed by atoms with Crippen LogP contribution in [0.4, 0.5) is 11.4 Å². The average Bonchev–Trinajstić information content (AvgIpc) is 2.53. The van der Waals surface area contributed by atoms with Crippen molar-refractivity contribution in [2.75, 3.05) is 5.32 Å². The number of carbonyl (C=O) groups is 2. The van der Waals surface area contributed by atoms with Crippen LogP contribution in [-0.2, 0) is 0 Å². The van der Waals surface area contributed by atoms with Crippen LogP contribution in [0, 0.1) is 0 Å². The summed E-state index contributed by atoms with van der Waals surface area (Å²) in [5, 5.41) is 32.2. The third kappa shape index (κ3) is 2.39. The fourth-order valence-corrected chi connectivity index (χ4v) is 2.53. The molecule has 6 nitrogen and oxygen atoms in total. The summed E-state index contributed by atoms with van der Waals surface area (Å²) in [7, 11) is 0. The van der Waals surface area contributed by atoms with Gasteiger partial charge in [0.25, 0.3) is 0 Å². The van der Waals surface area contributed by atoms with E-state index in [-0.39, 0.29) is 27.6 Å². The number of carbonyl (C=O) groups excluding carboxylic acids is 2. The third-order valence-corrected chi connectivity index (χ3v) is 3.77. The smallest absolute Gasteiger partial charge is 0.190 e. The second-order valence-corrected chi connectivity index (χ2v) is 5.25. The van der Waals surface area contributed by atoms with Crippen LogP contribution in [0.25, 0.3) is 0 Å². The second-order valence-electron chi connectivity index (χ2n) is 4.87. The summed E-state index contributed by atoms with van der Waals surface area (Å²) in [6, 6.07) is 5.83. The lowest BCUT2D eigenvalue weighted by molar-refractivity contribution is 0.0989. The summed E-state index contributed by atoms with van der Waals surface area (Å²) >= 11 is 6.02. The minimum atomic E-state index is -0.620. The number of anilines is 2. The predicted octanol–water partition coefficient (Wildman–Crippen LogP) is 3.14. The number of rotatable bonds is 2. The van der Waals surface area contributed by atoms with Gasteiger partial charge in [-0.15, -0.1) is 0 Å². The van der Waals surface area contributed by atoms with E-state index in [2.05, 4.69) is 5.32 Å². The van der Waals surface area contributed by atoms with Crippen LogP contribution in [-0.4, -0.2) is 26.9 Å². The Labute approximate surface area is 135 Å². The number of fused-ring (bicyclic) bond motifs is 1. The Morgan fingerprint density at radius 2 is 1.35 bits per heavy atom. The molecule has 0 aromatic heterocycles. The van der Waals surface area contributed by atoms with Gasteiger partial charge in [0.05, 0.1) is 11.1 Å². The molecule has 0 saturated carbocycles. The highest BCUT2D eigenvalue weighted by Gasteiger charge is 2.31. The Morgan fingerprint density at radius 1 is 0.826 bits per heavy atom. The first-order valence-electron chi connectivity index (χ1n) is 6.50. The predicted molar refractivity (Wildman–Crippen MR) is 84.0 cm³/mol. The Bertz CT molecular complexity index is 871. The Balaban J connectivity index is 2.18. The lowest BCUT2D eigenvalue weighted by Gasteiger charge is -2.19. The first kappa shape index (κ1) is 14.9. The average molecular weight is 332 g/mol. The molecule has 2 aromatic carbocycles. The molecule has 0 radical (unpaired) electrons. The molecule has 0 unspecified atom stereocenters. The number of halogens is 1. The van der Waals surface area contributed by atoms with Crippen molar-refractivity contribution >= 4 is 34.5 Å². The van der Waals surface area contributed by atoms with E-state index in [0.29, 0.717) is 5.69 Å². The van der Waals surface area contributed by atoms with E-state index in [1.54, 1.807) is 0 Å². The molecule has 4 N–H and O–H groups in total. The maximum absolute atomic E-state index is 12.0. The van der Waals surface area contributed by atoms with Crippen LogP contribution < -0.4 is 5.32 Å². The van der Waals surface area contributed by atoms with Gasteiger partial charge in [-0.1, -0.05) is 11.6 Å². The molecule has 2 aromatic rings. The van der Waals surface area contributed by atoms with Gasteiger partial charge in [-0.2, -0.15) is 0 Å². The van der Waals surface area contributed by atoms with Crippen LogP contribution >= 0.6 is 11.6 Å². The number of nitrogens with one attached hydrogen (secondary N) is 1. The molecule has 3 rings (SSSR count). The first-order chi connectivity index (χ1) is 10.9. The third-order valence-electron chi connectivity index (χ3n) is 3.40. The van der Waals surface area contributed by atoms with Crippen LogP contribution in [0.15, 0.2) is 36.4 Å². The number of allylic oxidation sites excluding steroid dienone is 2. The fourth-order valence-electron chi connectivity index (χ4n) is 2.29. The Morgan fingerprint density at radius 3 is 1.91 bits per heavy atom. The molecular formula is C16H10ClNO5. The molecule has 0 amide bonds. The van der Waals surface area contributed by atoms with E-state index in [9.17, 15) is 24.9 Å². The molecule has 0 spiro atoms. The van der Waals surface area contributed by atoms with Gasteiger partial charge in [0.15, 0.2) is 17.3 Å². The quantitative estimate of drug-likeness (QED) is 0.497. The van der Waals surface area contributed by atoms with Crippen molar-refractivity contribution in [1.82, 2.24) is 0 Å². The van der Waals surface area contributed by atoms with Gasteiger partial charge in [0.2, 0.25) is 0 Å². The molecule has 0 atom stereocenters. The van der Waals surface area contributed by atoms with E-state index in [0.717, 1.165) is 12.2 Å². The summed E-state index contributed by atoms with van der Waals surface area (Å²) in [5.74, 6) is -2.30. The van der Waals surface area contributed by atoms with E-state index in [1.807, 2.05) is 0 Å². The maximum atomic E-state index is 12.0. The number of benzene rings is 2. The molecule has 0 aliphatic heterocycles. The molecule has 23 heavy (non-hydrogen) atoms. The van der Waals surface area contributed by atoms with Gasteiger partial charge in [-0.3, -0.25) is 9.59 Å². The lowest BCUT2D eigenvalue weighted by Crippen LogP contribution is -2.13. The van der Waals surface area contributed by atoms with Crippen molar-refractivity contribution in [3.05, 3.63) is 52.6 Å². The van der Waals surface area contributed by atoms with Gasteiger partial charge < -0.3 is 20.6 Å². The Hall–Kier alpha value is -2.99. The van der Waals surface area contributed by atoms with Crippen LogP contribution in [0.5, 0.6) is 17.2 Å². The van der Waals surface area contributed by atoms with Crippen molar-refractivity contribution in [1.29, 1.82) is 0 Å². The summed E-state index contributed by atoms with van der Waals surface area (Å²) in [6.07, 6.45) is 2.02. The number of hydrogen-bond donors (Lipinski definition) is 4. The van der Waals surface area contributed by atoms with Crippen molar-refractivity contribution in [3.63, 3.8) is 0 Å². The number of phenols is 3. The van der Waals surface area contributed by atoms with E-state index in [4.69, 9.17) is 11.6 Å². The molecule has 0 fully saturated rings. The van der Waals surface area contributed by atoms with Gasteiger partial charge in [0, 0.05) is 5.69 Å². The zero-order valence-corrected chi connectivity index (χ0v) is 12.3. The molecular weight excluding hydrogens is 322 g/mol. The number of ketones is 2. The number of hydrogen-bond acceptors (Lipinski definition) is 6. The van der Waals surface area contributed by atoms with Crippen molar-refractivity contribution < 1.29 is 24.9 Å². The van der Waals surface area contributed by atoms with Gasteiger partial charge in [-0.05, 0) is 36.4 Å². The van der Waals surface area contributed by atoms with Crippen LogP contribution in [0.3, 0.4) is 0 Å². The molecule has 1 aliphatic carbocycles. The summed E-state index contributed by atoms with van der Waals surface area (Å²) < 4.78 is 0. The highest BCUT2D eigenvalue weighted by molar-refractivity contribution is 6.38. The minimum Gasteiger partial charge on any atom is -0.508 e. The summed E-state index contributed by atoms with van der Waals surface area (Å²) in [5.41, 5.74) is -0.286. The zero-order chi connectivity index (χ0) is 16.7. The molecule has 0 saturated heterocycles. The van der Waals surface area contributed by atoms with Crippen molar-refractivity contribution in [2.45, 2.75) is 0 Å². The molecule has 1 aliphatic rings. The van der Waals surface area contributed by atoms with Gasteiger partial charge in [0.1, 0.15) is 22.2 Å². The lowest BCUT2D eigenvalue weighted by atomic mass is 9.92. The van der Waals surface area contributed by atoms with Crippen LogP contribution in [0.1, 0.15) is 20.7 Å².